The number of hydrogen-bond acceptors (Lipinski definition) is 2. The third-order valence-corrected chi connectivity index (χ3v) is 4.82. The molecule has 0 radical (unpaired) electrons. The molecule has 2 aliphatic heterocycles. The van der Waals surface area contributed by atoms with E-state index in [9.17, 15) is 0 Å². The van der Waals surface area contributed by atoms with Crippen LogP contribution in [0.3, 0.4) is 0 Å². The van der Waals surface area contributed by atoms with Crippen LogP contribution in [-0.2, 0) is 18.4 Å². The monoisotopic (exact) mass is 272 g/mol. The number of nitrogens with zero attached hydrogens (tertiary/aromatic N) is 2. The molecule has 1 aromatic rings. The summed E-state index contributed by atoms with van der Waals surface area (Å²) in [5, 5.41) is 0. The van der Waals surface area contributed by atoms with Crippen molar-refractivity contribution in [1.82, 2.24) is 4.90 Å². The Labute approximate surface area is 123 Å². The molecule has 2 heteroatoms. The molecule has 20 heavy (non-hydrogen) atoms. The SMILES string of the molecule is CN1CCc2c(cc(C(C)(C)C)cc2N2CCCC2)C1. The van der Waals surface area contributed by atoms with E-state index in [1.807, 2.05) is 0 Å². The zero-order valence-corrected chi connectivity index (χ0v) is 13.5. The van der Waals surface area contributed by atoms with Crippen molar-refractivity contribution in [3.63, 3.8) is 0 Å². The van der Waals surface area contributed by atoms with Crippen LogP contribution in [0.15, 0.2) is 12.1 Å². The summed E-state index contributed by atoms with van der Waals surface area (Å²) >= 11 is 0. The Bertz CT molecular complexity index is 493. The van der Waals surface area contributed by atoms with Crippen LogP contribution >= 0.6 is 0 Å². The average Bonchev–Trinajstić information content (AvgIpc) is 2.89. The molecule has 0 amide bonds. The van der Waals surface area contributed by atoms with E-state index in [0.717, 1.165) is 6.54 Å². The Morgan fingerprint density at radius 1 is 1.00 bits per heavy atom. The molecule has 0 saturated carbocycles. The van der Waals surface area contributed by atoms with E-state index >= 15 is 0 Å². The molecule has 2 nitrogen and oxygen atoms in total. The van der Waals surface area contributed by atoms with Crippen LogP contribution in [0, 0.1) is 0 Å². The van der Waals surface area contributed by atoms with Crippen molar-refractivity contribution in [3.05, 3.63) is 28.8 Å². The second-order valence-electron chi connectivity index (χ2n) is 7.56. The predicted octanol–water partition coefficient (Wildman–Crippen LogP) is 3.57. The van der Waals surface area contributed by atoms with Gasteiger partial charge in [-0.3, -0.25) is 0 Å². The highest BCUT2D eigenvalue weighted by atomic mass is 15.2. The van der Waals surface area contributed by atoms with Gasteiger partial charge in [0.25, 0.3) is 0 Å². The van der Waals surface area contributed by atoms with Gasteiger partial charge < -0.3 is 9.80 Å². The molecule has 1 aromatic carbocycles. The summed E-state index contributed by atoms with van der Waals surface area (Å²) in [6.07, 6.45) is 3.92. The number of rotatable bonds is 1. The first-order chi connectivity index (χ1) is 9.45. The number of hydrogen-bond donors (Lipinski definition) is 0. The molecule has 0 bridgehead atoms. The van der Waals surface area contributed by atoms with E-state index < -0.39 is 0 Å². The van der Waals surface area contributed by atoms with Crippen LogP contribution in [0.2, 0.25) is 0 Å². The number of fused-ring (bicyclic) bond motifs is 1. The predicted molar refractivity (Wildman–Crippen MR) is 86.6 cm³/mol. The summed E-state index contributed by atoms with van der Waals surface area (Å²) in [5.41, 5.74) is 6.46. The molecular weight excluding hydrogens is 244 g/mol. The molecular formula is C18H28N2. The molecule has 1 fully saturated rings. The molecule has 0 unspecified atom stereocenters. The Hall–Kier alpha value is -1.02. The maximum atomic E-state index is 2.62. The maximum absolute atomic E-state index is 2.62. The fourth-order valence-electron chi connectivity index (χ4n) is 3.49. The highest BCUT2D eigenvalue weighted by Gasteiger charge is 2.25. The van der Waals surface area contributed by atoms with Crippen molar-refractivity contribution in [2.24, 2.45) is 0 Å². The number of likely N-dealkylation sites (N-methyl/N-ethyl adjacent to an activating group) is 1. The Balaban J connectivity index is 2.08. The van der Waals surface area contributed by atoms with Gasteiger partial charge in [-0.2, -0.15) is 0 Å². The first kappa shape index (κ1) is 13.9. The van der Waals surface area contributed by atoms with Gasteiger partial charge in [-0.25, -0.2) is 0 Å². The molecule has 0 aliphatic carbocycles. The molecule has 0 N–H and O–H groups in total. The van der Waals surface area contributed by atoms with Crippen molar-refractivity contribution >= 4 is 5.69 Å². The van der Waals surface area contributed by atoms with Gasteiger partial charge >= 0.3 is 0 Å². The van der Waals surface area contributed by atoms with Crippen molar-refractivity contribution in [2.75, 3.05) is 31.6 Å². The smallest absolute Gasteiger partial charge is 0.0405 e. The summed E-state index contributed by atoms with van der Waals surface area (Å²) in [4.78, 5) is 5.07. The lowest BCUT2D eigenvalue weighted by atomic mass is 9.83. The second-order valence-corrected chi connectivity index (χ2v) is 7.56. The zero-order valence-electron chi connectivity index (χ0n) is 13.5. The molecule has 2 aliphatic rings. The molecule has 2 heterocycles. The minimum Gasteiger partial charge on any atom is -0.371 e. The van der Waals surface area contributed by atoms with Crippen molar-refractivity contribution < 1.29 is 0 Å². The Morgan fingerprint density at radius 3 is 2.35 bits per heavy atom. The Kier molecular flexibility index (Phi) is 3.53. The number of benzene rings is 1. The third-order valence-electron chi connectivity index (χ3n) is 4.82. The van der Waals surface area contributed by atoms with E-state index in [-0.39, 0.29) is 5.41 Å². The zero-order chi connectivity index (χ0) is 14.3. The normalized spacial score (nSPS) is 20.3. The van der Waals surface area contributed by atoms with E-state index in [1.54, 1.807) is 11.1 Å². The minimum atomic E-state index is 0.236. The quantitative estimate of drug-likeness (QED) is 0.771. The van der Waals surface area contributed by atoms with Gasteiger partial charge in [-0.15, -0.1) is 0 Å². The molecule has 0 spiro atoms. The van der Waals surface area contributed by atoms with Crippen LogP contribution in [-0.4, -0.2) is 31.6 Å². The first-order valence-corrected chi connectivity index (χ1v) is 8.05. The summed E-state index contributed by atoms with van der Waals surface area (Å²) < 4.78 is 0. The fourth-order valence-corrected chi connectivity index (χ4v) is 3.49. The van der Waals surface area contributed by atoms with Crippen molar-refractivity contribution in [2.45, 2.75) is 52.0 Å². The molecule has 1 saturated heterocycles. The van der Waals surface area contributed by atoms with Gasteiger partial charge in [0.1, 0.15) is 0 Å². The highest BCUT2D eigenvalue weighted by molar-refractivity contribution is 5.61. The maximum Gasteiger partial charge on any atom is 0.0405 e. The molecule has 110 valence electrons. The van der Waals surface area contributed by atoms with Crippen LogP contribution in [0.5, 0.6) is 0 Å². The minimum absolute atomic E-state index is 0.236. The topological polar surface area (TPSA) is 6.48 Å². The van der Waals surface area contributed by atoms with Gasteiger partial charge in [0.15, 0.2) is 0 Å². The van der Waals surface area contributed by atoms with Crippen molar-refractivity contribution in [1.29, 1.82) is 0 Å². The van der Waals surface area contributed by atoms with E-state index in [4.69, 9.17) is 0 Å². The standard InChI is InChI=1S/C18H28N2/c1-18(2,3)15-11-14-13-19(4)10-7-16(14)17(12-15)20-8-5-6-9-20/h11-12H,5-10,13H2,1-4H3. The average molecular weight is 272 g/mol. The van der Waals surface area contributed by atoms with Crippen LogP contribution in [0.1, 0.15) is 50.3 Å². The lowest BCUT2D eigenvalue weighted by molar-refractivity contribution is 0.312. The largest absolute Gasteiger partial charge is 0.371 e. The summed E-state index contributed by atoms with van der Waals surface area (Å²) in [6, 6.07) is 4.94. The van der Waals surface area contributed by atoms with Gasteiger partial charge in [0, 0.05) is 31.9 Å². The Morgan fingerprint density at radius 2 is 1.70 bits per heavy atom. The van der Waals surface area contributed by atoms with Gasteiger partial charge in [0.05, 0.1) is 0 Å². The summed E-state index contributed by atoms with van der Waals surface area (Å²) in [7, 11) is 2.24. The van der Waals surface area contributed by atoms with E-state index in [0.29, 0.717) is 0 Å². The second kappa shape index (κ2) is 5.07. The summed E-state index contributed by atoms with van der Waals surface area (Å²) in [6.45, 7) is 11.8. The third kappa shape index (κ3) is 2.58. The summed E-state index contributed by atoms with van der Waals surface area (Å²) in [5.74, 6) is 0. The van der Waals surface area contributed by atoms with Crippen LogP contribution < -0.4 is 4.90 Å². The van der Waals surface area contributed by atoms with E-state index in [2.05, 4.69) is 49.8 Å². The fraction of sp³-hybridized carbons (Fsp3) is 0.667. The van der Waals surface area contributed by atoms with E-state index in [1.165, 1.54) is 50.1 Å². The molecule has 0 atom stereocenters. The van der Waals surface area contributed by atoms with Crippen LogP contribution in [0.4, 0.5) is 5.69 Å². The van der Waals surface area contributed by atoms with Gasteiger partial charge in [-0.05, 0) is 54.5 Å². The lowest BCUT2D eigenvalue weighted by Gasteiger charge is -2.33. The van der Waals surface area contributed by atoms with Crippen LogP contribution in [0.25, 0.3) is 0 Å². The van der Waals surface area contributed by atoms with Gasteiger partial charge in [0.2, 0.25) is 0 Å². The molecule has 3 rings (SSSR count). The highest BCUT2D eigenvalue weighted by Crippen LogP contribution is 2.36. The van der Waals surface area contributed by atoms with Crippen molar-refractivity contribution in [3.8, 4) is 0 Å². The first-order valence-electron chi connectivity index (χ1n) is 8.05. The van der Waals surface area contributed by atoms with Gasteiger partial charge in [-0.1, -0.05) is 26.8 Å². The lowest BCUT2D eigenvalue weighted by Crippen LogP contribution is -2.30. The number of anilines is 1. The molecule has 0 aromatic heterocycles.